The number of ether oxygens (including phenoxy) is 2. The second-order valence-corrected chi connectivity index (χ2v) is 16.7. The number of benzene rings is 2. The Morgan fingerprint density at radius 3 is 1.98 bits per heavy atom. The summed E-state index contributed by atoms with van der Waals surface area (Å²) < 4.78 is 11.4. The summed E-state index contributed by atoms with van der Waals surface area (Å²) >= 11 is 0. The van der Waals surface area contributed by atoms with Gasteiger partial charge < -0.3 is 45.0 Å². The van der Waals surface area contributed by atoms with Crippen LogP contribution in [0.15, 0.2) is 79.4 Å². The Kier molecular flexibility index (Phi) is 20.8. The third kappa shape index (κ3) is 11.8. The van der Waals surface area contributed by atoms with Crippen molar-refractivity contribution in [2.45, 2.75) is 67.2 Å². The van der Waals surface area contributed by atoms with E-state index in [0.717, 1.165) is 45.9 Å². The minimum atomic E-state index is -1.23. The van der Waals surface area contributed by atoms with Gasteiger partial charge in [0.25, 0.3) is 0 Å². The number of allylic oxidation sites excluding steroid dienone is 1. The van der Waals surface area contributed by atoms with Crippen molar-refractivity contribution in [3.63, 3.8) is 0 Å². The monoisotopic (exact) mass is 936 g/mol. The standard InChI is InChI=1S/C19H19NO4.C17H23NO2.C10H16N2O8.2Na/c1-2-8-20-9-7-18-15-11-3-4-12(21)16(15)24-17(18)13(22)5-6-19(18,23)14(20)10-11;1-4-20-16(19)17(14-10-6-5-7-11-14)13-9-8-12-15(17)18(2)3;13-7(14)3-11(4-8(15)16)1-2-12(5-9(17)18)6-10(19)20;;/h2-6,14,17,21,23H,1,7-10H2;5-8,10-12,15H,4,9,13H2,1-3H3;1-6H2,(H,13,14)(H,15,16)(H,17,18)(H,19,20);;/t14-,17+,18+,19-;15-,17+;;;/m11.../s1. The zero-order valence-electron chi connectivity index (χ0n) is 38.3. The summed E-state index contributed by atoms with van der Waals surface area (Å²) in [5.41, 5.74) is 0.345. The van der Waals surface area contributed by atoms with Crippen LogP contribution in [0.25, 0.3) is 0 Å². The summed E-state index contributed by atoms with van der Waals surface area (Å²) in [4.78, 5) is 74.0. The van der Waals surface area contributed by atoms with Gasteiger partial charge in [-0.2, -0.15) is 0 Å². The smallest absolute Gasteiger partial charge is 0.318 e. The third-order valence-electron chi connectivity index (χ3n) is 12.5. The number of aliphatic hydroxyl groups is 1. The van der Waals surface area contributed by atoms with E-state index in [-0.39, 0.29) is 102 Å². The molecule has 2 bridgehead atoms. The van der Waals surface area contributed by atoms with Crippen molar-refractivity contribution < 1.29 is 68.9 Å². The van der Waals surface area contributed by atoms with Crippen molar-refractivity contribution in [3.8, 4) is 11.5 Å². The molecule has 1 saturated heterocycles. The Labute approximate surface area is 428 Å². The van der Waals surface area contributed by atoms with Gasteiger partial charge >= 0.3 is 29.8 Å². The summed E-state index contributed by atoms with van der Waals surface area (Å²) in [7, 11) is 4.02. The zero-order chi connectivity index (χ0) is 47.0. The number of carboxylic acid groups (broad SMARTS) is 4. The molecule has 2 radical (unpaired) electrons. The van der Waals surface area contributed by atoms with E-state index >= 15 is 0 Å². The molecule has 348 valence electrons. The summed E-state index contributed by atoms with van der Waals surface area (Å²) in [6, 6.07) is 13.4. The molecule has 0 amide bonds. The van der Waals surface area contributed by atoms with Crippen LogP contribution < -0.4 is 4.74 Å². The van der Waals surface area contributed by atoms with Crippen molar-refractivity contribution in [3.05, 3.63) is 96.1 Å². The summed E-state index contributed by atoms with van der Waals surface area (Å²) in [6.45, 7) is 5.30. The van der Waals surface area contributed by atoms with Crippen molar-refractivity contribution in [2.75, 3.05) is 73.1 Å². The molecule has 20 heteroatoms. The minimum Gasteiger partial charge on any atom is -0.504 e. The number of carbonyl (C=O) groups is 6. The zero-order valence-corrected chi connectivity index (χ0v) is 42.3. The van der Waals surface area contributed by atoms with E-state index in [0.29, 0.717) is 31.7 Å². The van der Waals surface area contributed by atoms with Crippen LogP contribution in [0.3, 0.4) is 0 Å². The van der Waals surface area contributed by atoms with E-state index in [1.54, 1.807) is 12.1 Å². The molecular formula is C46H58N4Na2O14. The summed E-state index contributed by atoms with van der Waals surface area (Å²) in [5.74, 6) is -4.75. The summed E-state index contributed by atoms with van der Waals surface area (Å²) in [5, 5.41) is 56.5. The van der Waals surface area contributed by atoms with Gasteiger partial charge in [0.15, 0.2) is 23.4 Å². The first kappa shape index (κ1) is 56.4. The molecule has 2 heterocycles. The molecule has 2 aromatic carbocycles. The first-order valence-electron chi connectivity index (χ1n) is 21.1. The fraction of sp³-hybridized carbons (Fsp3) is 0.478. The Hall–Kier alpha value is -3.92. The van der Waals surface area contributed by atoms with Gasteiger partial charge in [-0.1, -0.05) is 54.6 Å². The molecule has 66 heavy (non-hydrogen) atoms. The maximum absolute atomic E-state index is 12.8. The molecule has 3 aliphatic carbocycles. The maximum Gasteiger partial charge on any atom is 0.318 e. The molecule has 6 N–H and O–H groups in total. The van der Waals surface area contributed by atoms with Crippen LogP contribution in [0.4, 0.5) is 0 Å². The van der Waals surface area contributed by atoms with Gasteiger partial charge in [0.1, 0.15) is 11.0 Å². The topological polar surface area (TPSA) is 255 Å². The second-order valence-electron chi connectivity index (χ2n) is 16.7. The van der Waals surface area contributed by atoms with Crippen LogP contribution in [-0.2, 0) is 50.8 Å². The van der Waals surface area contributed by atoms with Gasteiger partial charge in [0.05, 0.1) is 38.2 Å². The number of phenolic OH excluding ortho intramolecular Hbond substituents is 1. The number of piperidine rings is 1. The van der Waals surface area contributed by atoms with Gasteiger partial charge in [-0.25, -0.2) is 0 Å². The Bertz CT molecular complexity index is 2090. The number of ketones is 1. The van der Waals surface area contributed by atoms with E-state index in [9.17, 15) is 39.0 Å². The number of carbonyl (C=O) groups excluding carboxylic acids is 2. The number of hydrogen-bond acceptors (Lipinski definition) is 14. The van der Waals surface area contributed by atoms with E-state index < -0.39 is 72.6 Å². The number of nitrogens with zero attached hydrogens (tertiary/aromatic N) is 4. The molecule has 0 unspecified atom stereocenters. The van der Waals surface area contributed by atoms with Crippen LogP contribution in [0.5, 0.6) is 11.5 Å². The average molecular weight is 937 g/mol. The Morgan fingerprint density at radius 1 is 0.894 bits per heavy atom. The molecule has 5 aliphatic rings. The number of hydrogen-bond donors (Lipinski definition) is 6. The molecule has 0 aromatic heterocycles. The first-order valence-corrected chi connectivity index (χ1v) is 21.1. The quantitative estimate of drug-likeness (QED) is 0.0735. The molecular weight excluding hydrogens is 879 g/mol. The number of rotatable bonds is 17. The van der Waals surface area contributed by atoms with E-state index in [1.807, 2.05) is 63.5 Å². The van der Waals surface area contributed by atoms with Crippen LogP contribution in [0.1, 0.15) is 42.9 Å². The number of likely N-dealkylation sites (N-methyl/N-ethyl adjacent to an activating group) is 1. The SMILES string of the molecule is C=CCN1CC[C@]23c4c5ccc(O)c4O[C@H]2C(=O)C=C[C@@]3(O)[C@H]1C5.CCOC(=O)[C@]1(c2ccccc2)CCC=C[C@H]1N(C)C.O=C(O)CN(CCN(CC(=O)O)CC(=O)O)CC(=O)O.[Na].[Na]. The van der Waals surface area contributed by atoms with Gasteiger partial charge in [-0.15, -0.1) is 6.58 Å². The van der Waals surface area contributed by atoms with Gasteiger partial charge in [0, 0.05) is 103 Å². The molecule has 18 nitrogen and oxygen atoms in total. The van der Waals surface area contributed by atoms with Crippen LogP contribution in [-0.4, -0.2) is 242 Å². The first-order chi connectivity index (χ1) is 30.4. The van der Waals surface area contributed by atoms with Crippen molar-refractivity contribution in [1.29, 1.82) is 0 Å². The van der Waals surface area contributed by atoms with E-state index in [4.69, 9.17) is 29.9 Å². The Balaban J connectivity index is 0.000000261. The predicted molar refractivity (Wildman–Crippen MR) is 243 cm³/mol. The number of esters is 1. The van der Waals surface area contributed by atoms with Gasteiger partial charge in [-0.3, -0.25) is 43.5 Å². The summed E-state index contributed by atoms with van der Waals surface area (Å²) in [6.07, 6.45) is 11.4. The fourth-order valence-electron chi connectivity index (χ4n) is 9.98. The maximum atomic E-state index is 12.8. The fourth-order valence-corrected chi connectivity index (χ4v) is 9.98. The van der Waals surface area contributed by atoms with Crippen molar-refractivity contribution in [2.24, 2.45) is 0 Å². The number of phenols is 1. The third-order valence-corrected chi connectivity index (χ3v) is 12.5. The molecule has 6 atom stereocenters. The molecule has 2 aromatic rings. The molecule has 1 spiro atoms. The molecule has 1 fully saturated rings. The molecule has 0 saturated carbocycles. The predicted octanol–water partition coefficient (Wildman–Crippen LogP) is 1.01. The van der Waals surface area contributed by atoms with E-state index in [1.165, 1.54) is 6.08 Å². The van der Waals surface area contributed by atoms with Gasteiger partial charge in [-0.05, 0) is 76.0 Å². The number of likely N-dealkylation sites (tertiary alicyclic amines) is 1. The van der Waals surface area contributed by atoms with Crippen LogP contribution in [0, 0.1) is 0 Å². The van der Waals surface area contributed by atoms with Gasteiger partial charge in [0.2, 0.25) is 0 Å². The van der Waals surface area contributed by atoms with E-state index in [2.05, 4.69) is 28.5 Å². The average Bonchev–Trinajstić information content (AvgIpc) is 3.60. The van der Waals surface area contributed by atoms with Crippen LogP contribution >= 0.6 is 0 Å². The largest absolute Gasteiger partial charge is 0.504 e. The molecule has 7 rings (SSSR count). The number of aromatic hydroxyl groups is 1. The van der Waals surface area contributed by atoms with Crippen molar-refractivity contribution in [1.82, 2.24) is 19.6 Å². The Morgan fingerprint density at radius 2 is 1.47 bits per heavy atom. The number of carboxylic acids is 4. The van der Waals surface area contributed by atoms with Crippen molar-refractivity contribution >= 4 is 94.7 Å². The normalized spacial score (nSPS) is 25.1. The van der Waals surface area contributed by atoms with Crippen LogP contribution in [0.2, 0.25) is 0 Å². The second kappa shape index (κ2) is 24.4. The number of aliphatic carboxylic acids is 4. The minimum absolute atomic E-state index is 0. The molecule has 2 aliphatic heterocycles.